The summed E-state index contributed by atoms with van der Waals surface area (Å²) in [6, 6.07) is 91.6. The number of hydrogen-bond donors (Lipinski definition) is 0. The van der Waals surface area contributed by atoms with E-state index in [2.05, 4.69) is 256 Å². The van der Waals surface area contributed by atoms with Gasteiger partial charge >= 0.3 is 0 Å². The van der Waals surface area contributed by atoms with Gasteiger partial charge in [-0.15, -0.1) is 0 Å². The average Bonchev–Trinajstić information content (AvgIpc) is 4.27. The highest BCUT2D eigenvalue weighted by molar-refractivity contribution is 7.00. The summed E-state index contributed by atoms with van der Waals surface area (Å²) in [5, 5.41) is 17.9. The van der Waals surface area contributed by atoms with Gasteiger partial charge in [0.15, 0.2) is 0 Å². The lowest BCUT2D eigenvalue weighted by atomic mass is 9.34. The smallest absolute Gasteiger partial charge is 0.252 e. The highest BCUT2D eigenvalue weighted by Gasteiger charge is 2.42. The topological polar surface area (TPSA) is 14.8 Å². The number of fused-ring (bicyclic) bond motifs is 21. The van der Waals surface area contributed by atoms with Gasteiger partial charge in [0.25, 0.3) is 6.71 Å². The lowest BCUT2D eigenvalue weighted by Crippen LogP contribution is -2.59. The number of benzene rings is 13. The Morgan fingerprint density at radius 2 is 0.649 bits per heavy atom. The van der Waals surface area contributed by atoms with E-state index in [0.717, 1.165) is 5.69 Å². The van der Waals surface area contributed by atoms with Crippen molar-refractivity contribution in [1.29, 1.82) is 0 Å². The van der Waals surface area contributed by atoms with E-state index in [4.69, 9.17) is 0 Å². The highest BCUT2D eigenvalue weighted by atomic mass is 15.1. The SMILES string of the molecule is c1ccc(-c2ccc3c(c2)c2cc(-c4ccccc4)ccc2n3-c2cc3c4c(c2)-n2c5ccc6ccccc6c5c5c6ccccc6cc(c52)B4c2cc4ccccc4c4c5c6ccccc6ccc5n-3c24)cc1. The molecule has 0 saturated carbocycles. The minimum atomic E-state index is -0.0422. The Morgan fingerprint density at radius 1 is 0.257 bits per heavy atom. The zero-order valence-corrected chi connectivity index (χ0v) is 40.0. The van der Waals surface area contributed by atoms with Gasteiger partial charge in [-0.2, -0.15) is 0 Å². The van der Waals surface area contributed by atoms with Crippen LogP contribution in [0.3, 0.4) is 0 Å². The number of aromatic nitrogens is 3. The van der Waals surface area contributed by atoms with Crippen molar-refractivity contribution in [3.8, 4) is 39.3 Å². The zero-order chi connectivity index (χ0) is 47.9. The summed E-state index contributed by atoms with van der Waals surface area (Å²) in [5.41, 5.74) is 19.9. The second kappa shape index (κ2) is 14.1. The maximum atomic E-state index is 2.66. The van der Waals surface area contributed by atoms with E-state index in [1.165, 1.54) is 159 Å². The molecule has 0 radical (unpaired) electrons. The molecule has 2 aliphatic rings. The number of rotatable bonds is 3. The largest absolute Gasteiger partial charge is 0.310 e. The molecule has 18 rings (SSSR count). The second-order valence-electron chi connectivity index (χ2n) is 20.7. The monoisotopic (exact) mass is 933 g/mol. The molecule has 5 heterocycles. The van der Waals surface area contributed by atoms with Gasteiger partial charge in [-0.05, 0) is 130 Å². The first-order valence-electron chi connectivity index (χ1n) is 25.9. The summed E-state index contributed by atoms with van der Waals surface area (Å²) in [5.74, 6) is 0. The molecule has 3 aromatic heterocycles. The van der Waals surface area contributed by atoms with E-state index in [1.54, 1.807) is 0 Å². The third-order valence-corrected chi connectivity index (χ3v) is 17.1. The summed E-state index contributed by atoms with van der Waals surface area (Å²) >= 11 is 0. The van der Waals surface area contributed by atoms with Crippen LogP contribution in [0.15, 0.2) is 243 Å². The van der Waals surface area contributed by atoms with E-state index in [9.17, 15) is 0 Å². The van der Waals surface area contributed by atoms with E-state index in [1.807, 2.05) is 0 Å². The molecule has 0 N–H and O–H groups in total. The standard InChI is InChI=1S/C70H40BN3/c1-3-15-41(16-4-1)45-29-31-58-54(35-45)55-36-46(42-17-5-2-6-18-42)30-32-59(55)72(58)49-39-62-68-63(40-49)74-61-34-28-44-20-8-12-24-51(44)65(61)67-53-26-14-10-22-48(53)38-57(70(67)74)71(68)56-37-47-21-9-13-25-52(47)66-64-50-23-11-7-19-43(50)27-33-60(64)73(62)69(56)66/h1-40H. The molecule has 0 amide bonds. The van der Waals surface area contributed by atoms with Crippen molar-refractivity contribution in [3.63, 3.8) is 0 Å². The molecule has 0 aliphatic carbocycles. The predicted molar refractivity (Wildman–Crippen MR) is 315 cm³/mol. The van der Waals surface area contributed by atoms with Gasteiger partial charge in [0.05, 0.1) is 38.8 Å². The number of nitrogens with zero attached hydrogens (tertiary/aromatic N) is 3. The van der Waals surface area contributed by atoms with Crippen molar-refractivity contribution in [3.05, 3.63) is 243 Å². The molecular weight excluding hydrogens is 894 g/mol. The molecule has 0 bridgehead atoms. The van der Waals surface area contributed by atoms with Gasteiger partial charge in [0.1, 0.15) is 0 Å². The van der Waals surface area contributed by atoms with Gasteiger partial charge in [-0.3, -0.25) is 0 Å². The van der Waals surface area contributed by atoms with Crippen LogP contribution >= 0.6 is 0 Å². The first-order chi connectivity index (χ1) is 36.7. The normalized spacial score (nSPS) is 12.8. The van der Waals surface area contributed by atoms with Crippen molar-refractivity contribution >= 4 is 132 Å². The molecule has 4 heteroatoms. The zero-order valence-electron chi connectivity index (χ0n) is 40.0. The Kier molecular flexibility index (Phi) is 7.42. The number of hydrogen-bond acceptors (Lipinski definition) is 0. The first-order valence-corrected chi connectivity index (χ1v) is 25.9. The van der Waals surface area contributed by atoms with E-state index in [0.29, 0.717) is 0 Å². The van der Waals surface area contributed by atoms with Crippen molar-refractivity contribution in [2.45, 2.75) is 0 Å². The van der Waals surface area contributed by atoms with E-state index in [-0.39, 0.29) is 6.71 Å². The Hall–Kier alpha value is -9.64. The molecule has 0 atom stereocenters. The van der Waals surface area contributed by atoms with Gasteiger partial charge in [0.2, 0.25) is 0 Å². The lowest BCUT2D eigenvalue weighted by molar-refractivity contribution is 1.11. The molecule has 16 aromatic rings. The van der Waals surface area contributed by atoms with Gasteiger partial charge in [-0.25, -0.2) is 0 Å². The van der Waals surface area contributed by atoms with Crippen LogP contribution in [0, 0.1) is 0 Å². The van der Waals surface area contributed by atoms with Crippen LogP contribution in [0.5, 0.6) is 0 Å². The molecule has 338 valence electrons. The molecule has 0 fully saturated rings. The van der Waals surface area contributed by atoms with Crippen LogP contribution in [-0.2, 0) is 0 Å². The Balaban J connectivity index is 1.06. The van der Waals surface area contributed by atoms with E-state index < -0.39 is 0 Å². The molecule has 0 unspecified atom stereocenters. The average molecular weight is 934 g/mol. The summed E-state index contributed by atoms with van der Waals surface area (Å²) < 4.78 is 7.89. The first kappa shape index (κ1) is 39.0. The van der Waals surface area contributed by atoms with Crippen LogP contribution in [0.2, 0.25) is 0 Å². The Labute approximate surface area is 425 Å². The fourth-order valence-electron chi connectivity index (χ4n) is 14.1. The van der Waals surface area contributed by atoms with Crippen molar-refractivity contribution in [2.75, 3.05) is 0 Å². The summed E-state index contributed by atoms with van der Waals surface area (Å²) in [7, 11) is 0. The van der Waals surface area contributed by atoms with Crippen molar-refractivity contribution in [2.24, 2.45) is 0 Å². The molecule has 0 spiro atoms. The van der Waals surface area contributed by atoms with Gasteiger partial charge < -0.3 is 13.7 Å². The maximum Gasteiger partial charge on any atom is 0.252 e. The molecule has 74 heavy (non-hydrogen) atoms. The summed E-state index contributed by atoms with van der Waals surface area (Å²) in [4.78, 5) is 0. The molecule has 3 nitrogen and oxygen atoms in total. The van der Waals surface area contributed by atoms with Gasteiger partial charge in [-0.1, -0.05) is 194 Å². The highest BCUT2D eigenvalue weighted by Crippen LogP contribution is 2.47. The molecule has 2 aliphatic heterocycles. The Morgan fingerprint density at radius 3 is 1.11 bits per heavy atom. The third-order valence-electron chi connectivity index (χ3n) is 17.1. The van der Waals surface area contributed by atoms with Crippen molar-refractivity contribution in [1.82, 2.24) is 13.7 Å². The second-order valence-corrected chi connectivity index (χ2v) is 20.7. The van der Waals surface area contributed by atoms with Crippen LogP contribution in [0.4, 0.5) is 0 Å². The van der Waals surface area contributed by atoms with Crippen LogP contribution in [0.1, 0.15) is 0 Å². The minimum Gasteiger partial charge on any atom is -0.310 e. The molecular formula is C70H40BN3. The van der Waals surface area contributed by atoms with Crippen LogP contribution in [0.25, 0.3) is 148 Å². The van der Waals surface area contributed by atoms with E-state index >= 15 is 0 Å². The fraction of sp³-hybridized carbons (Fsp3) is 0. The molecule has 0 saturated heterocycles. The van der Waals surface area contributed by atoms with Crippen molar-refractivity contribution < 1.29 is 0 Å². The molecule has 13 aromatic carbocycles. The maximum absolute atomic E-state index is 2.66. The predicted octanol–water partition coefficient (Wildman–Crippen LogP) is 16.1. The Bertz CT molecular complexity index is 4870. The minimum absolute atomic E-state index is 0.0422. The third kappa shape index (κ3) is 4.93. The quantitative estimate of drug-likeness (QED) is 0.157. The van der Waals surface area contributed by atoms with Crippen LogP contribution in [-0.4, -0.2) is 20.4 Å². The van der Waals surface area contributed by atoms with Gasteiger partial charge in [0, 0.05) is 43.7 Å². The lowest BCUT2D eigenvalue weighted by Gasteiger charge is -2.34. The fourth-order valence-corrected chi connectivity index (χ4v) is 14.1. The summed E-state index contributed by atoms with van der Waals surface area (Å²) in [6.07, 6.45) is 0. The summed E-state index contributed by atoms with van der Waals surface area (Å²) in [6.45, 7) is -0.0422. The van der Waals surface area contributed by atoms with Crippen LogP contribution < -0.4 is 16.4 Å².